The van der Waals surface area contributed by atoms with Crippen molar-refractivity contribution in [3.05, 3.63) is 22.5 Å². The zero-order valence-electron chi connectivity index (χ0n) is 12.8. The molecule has 1 N–H and O–H groups in total. The number of carbonyl (C=O) groups excluding carboxylic acids is 4. The van der Waals surface area contributed by atoms with E-state index >= 15 is 0 Å². The van der Waals surface area contributed by atoms with Crippen LogP contribution < -0.4 is 0 Å². The van der Waals surface area contributed by atoms with Crippen LogP contribution in [0.4, 0.5) is 0 Å². The maximum Gasteiger partial charge on any atom is 0.340 e. The number of rotatable bonds is 5. The van der Waals surface area contributed by atoms with Crippen molar-refractivity contribution in [2.24, 2.45) is 0 Å². The monoisotopic (exact) mass is 306 g/mol. The van der Waals surface area contributed by atoms with Crippen LogP contribution in [-0.4, -0.2) is 46.6 Å². The fraction of sp³-hybridized carbons (Fsp3) is 0.467. The van der Waals surface area contributed by atoms with Gasteiger partial charge in [-0.25, -0.2) is 4.79 Å². The number of hydrogen-bond donors (Lipinski definition) is 1. The second kappa shape index (κ2) is 6.13. The van der Waals surface area contributed by atoms with Gasteiger partial charge in [-0.1, -0.05) is 0 Å². The molecule has 1 aliphatic rings. The molecule has 0 atom stereocenters. The molecule has 7 heteroatoms. The van der Waals surface area contributed by atoms with Crippen molar-refractivity contribution in [1.29, 1.82) is 0 Å². The quantitative estimate of drug-likeness (QED) is 0.500. The Morgan fingerprint density at radius 3 is 2.32 bits per heavy atom. The Kier molecular flexibility index (Phi) is 4.44. The number of Topliss-reactive ketones (excluding diaryl/α,β-unsaturated/α-hetero) is 1. The molecule has 0 spiro atoms. The number of ether oxygens (including phenoxy) is 1. The van der Waals surface area contributed by atoms with E-state index in [0.717, 1.165) is 4.90 Å². The number of aryl methyl sites for hydroxylation is 1. The highest BCUT2D eigenvalue weighted by atomic mass is 16.5. The van der Waals surface area contributed by atoms with Crippen molar-refractivity contribution in [1.82, 2.24) is 9.88 Å². The van der Waals surface area contributed by atoms with Gasteiger partial charge in [0.2, 0.25) is 11.8 Å². The van der Waals surface area contributed by atoms with E-state index in [1.165, 1.54) is 0 Å². The Hall–Kier alpha value is -2.44. The molecule has 7 nitrogen and oxygen atoms in total. The van der Waals surface area contributed by atoms with Gasteiger partial charge < -0.3 is 9.72 Å². The van der Waals surface area contributed by atoms with Crippen LogP contribution in [0.25, 0.3) is 0 Å². The van der Waals surface area contributed by atoms with Crippen LogP contribution in [0.2, 0.25) is 0 Å². The lowest BCUT2D eigenvalue weighted by Crippen LogP contribution is -2.34. The van der Waals surface area contributed by atoms with Gasteiger partial charge in [-0.3, -0.25) is 19.3 Å². The normalized spacial score (nSPS) is 14.6. The molecular weight excluding hydrogens is 288 g/mol. The summed E-state index contributed by atoms with van der Waals surface area (Å²) >= 11 is 0. The number of nitrogens with one attached hydrogen (secondary N) is 1. The van der Waals surface area contributed by atoms with Crippen LogP contribution in [-0.2, 0) is 14.3 Å². The Bertz CT molecular complexity index is 643. The molecular formula is C15H18N2O5. The number of aromatic amines is 1. The molecule has 0 aliphatic carbocycles. The van der Waals surface area contributed by atoms with E-state index < -0.39 is 11.8 Å². The lowest BCUT2D eigenvalue weighted by molar-refractivity contribution is -0.137. The molecule has 0 radical (unpaired) electrons. The second-order valence-corrected chi connectivity index (χ2v) is 5.14. The van der Waals surface area contributed by atoms with Crippen LogP contribution in [0, 0.1) is 13.8 Å². The Labute approximate surface area is 127 Å². The number of hydrogen-bond acceptors (Lipinski definition) is 5. The van der Waals surface area contributed by atoms with E-state index in [4.69, 9.17) is 4.74 Å². The number of H-pyrrole nitrogens is 1. The first-order valence-electron chi connectivity index (χ1n) is 7.09. The van der Waals surface area contributed by atoms with E-state index in [2.05, 4.69) is 4.98 Å². The third-order valence-corrected chi connectivity index (χ3v) is 3.65. The summed E-state index contributed by atoms with van der Waals surface area (Å²) in [5.41, 5.74) is 1.55. The van der Waals surface area contributed by atoms with Crippen LogP contribution in [0.15, 0.2) is 0 Å². The maximum atomic E-state index is 12.3. The van der Waals surface area contributed by atoms with Gasteiger partial charge in [-0.05, 0) is 26.3 Å². The first kappa shape index (κ1) is 15.9. The molecule has 2 amide bonds. The summed E-state index contributed by atoms with van der Waals surface area (Å²) in [6, 6.07) is 0. The van der Waals surface area contributed by atoms with Crippen molar-refractivity contribution in [2.45, 2.75) is 33.6 Å². The number of amides is 2. The molecule has 1 fully saturated rings. The average molecular weight is 306 g/mol. The van der Waals surface area contributed by atoms with Crippen LogP contribution in [0.1, 0.15) is 51.9 Å². The van der Waals surface area contributed by atoms with Gasteiger partial charge in [0.15, 0.2) is 5.78 Å². The molecule has 0 unspecified atom stereocenters. The summed E-state index contributed by atoms with van der Waals surface area (Å²) in [6.07, 6.45) is 0.284. The number of esters is 1. The first-order valence-corrected chi connectivity index (χ1v) is 7.09. The Morgan fingerprint density at radius 1 is 1.18 bits per heavy atom. The molecule has 1 aromatic heterocycles. The van der Waals surface area contributed by atoms with E-state index in [0.29, 0.717) is 16.8 Å². The third kappa shape index (κ3) is 2.79. The number of aromatic nitrogens is 1. The first-order chi connectivity index (χ1) is 10.4. The van der Waals surface area contributed by atoms with Crippen molar-refractivity contribution in [3.8, 4) is 0 Å². The van der Waals surface area contributed by atoms with E-state index in [9.17, 15) is 19.2 Å². The van der Waals surface area contributed by atoms with Gasteiger partial charge in [0.05, 0.1) is 24.4 Å². The highest BCUT2D eigenvalue weighted by molar-refractivity contribution is 6.08. The smallest absolute Gasteiger partial charge is 0.340 e. The molecule has 0 aromatic carbocycles. The summed E-state index contributed by atoms with van der Waals surface area (Å²) in [5, 5.41) is 0. The van der Waals surface area contributed by atoms with Crippen molar-refractivity contribution in [2.75, 3.05) is 13.2 Å². The zero-order chi connectivity index (χ0) is 16.4. The van der Waals surface area contributed by atoms with Gasteiger partial charge in [0, 0.05) is 18.5 Å². The van der Waals surface area contributed by atoms with Crippen LogP contribution in [0.5, 0.6) is 0 Å². The molecule has 118 valence electrons. The minimum absolute atomic E-state index is 0.142. The molecule has 2 rings (SSSR count). The summed E-state index contributed by atoms with van der Waals surface area (Å²) in [5.74, 6) is -1.59. The standard InChI is InChI=1S/C15H18N2O5/c1-4-22-15(21)13-8(2)14(16-9(13)3)10(18)7-17-11(19)5-6-12(17)20/h16H,4-7H2,1-3H3. The molecule has 1 aliphatic heterocycles. The molecule has 1 aromatic rings. The highest BCUT2D eigenvalue weighted by Gasteiger charge is 2.32. The highest BCUT2D eigenvalue weighted by Crippen LogP contribution is 2.21. The summed E-state index contributed by atoms with van der Waals surface area (Å²) in [7, 11) is 0. The van der Waals surface area contributed by atoms with Gasteiger partial charge in [0.25, 0.3) is 0 Å². The summed E-state index contributed by atoms with van der Waals surface area (Å²) in [6.45, 7) is 4.94. The lowest BCUT2D eigenvalue weighted by Gasteiger charge is -2.12. The van der Waals surface area contributed by atoms with E-state index in [1.54, 1.807) is 20.8 Å². The third-order valence-electron chi connectivity index (χ3n) is 3.65. The number of likely N-dealkylation sites (tertiary alicyclic amines) is 1. The van der Waals surface area contributed by atoms with E-state index in [1.807, 2.05) is 0 Å². The number of ketones is 1. The zero-order valence-corrected chi connectivity index (χ0v) is 12.8. The largest absolute Gasteiger partial charge is 0.462 e. The fourth-order valence-electron chi connectivity index (χ4n) is 2.56. The summed E-state index contributed by atoms with van der Waals surface area (Å²) in [4.78, 5) is 51.2. The van der Waals surface area contributed by atoms with Crippen LogP contribution >= 0.6 is 0 Å². The Balaban J connectivity index is 2.24. The molecule has 0 saturated carbocycles. The van der Waals surface area contributed by atoms with Crippen LogP contribution in [0.3, 0.4) is 0 Å². The van der Waals surface area contributed by atoms with Crippen molar-refractivity contribution in [3.63, 3.8) is 0 Å². The lowest BCUT2D eigenvalue weighted by atomic mass is 10.1. The summed E-state index contributed by atoms with van der Waals surface area (Å²) < 4.78 is 4.96. The minimum Gasteiger partial charge on any atom is -0.462 e. The van der Waals surface area contributed by atoms with Gasteiger partial charge in [-0.15, -0.1) is 0 Å². The molecule has 22 heavy (non-hydrogen) atoms. The van der Waals surface area contributed by atoms with Crippen molar-refractivity contribution < 1.29 is 23.9 Å². The second-order valence-electron chi connectivity index (χ2n) is 5.14. The van der Waals surface area contributed by atoms with E-state index in [-0.39, 0.29) is 43.5 Å². The SMILES string of the molecule is CCOC(=O)c1c(C)[nH]c(C(=O)CN2C(=O)CCC2=O)c1C. The number of imide groups is 1. The van der Waals surface area contributed by atoms with Gasteiger partial charge >= 0.3 is 5.97 Å². The molecule has 2 heterocycles. The van der Waals surface area contributed by atoms with Crippen molar-refractivity contribution >= 4 is 23.6 Å². The predicted octanol–water partition coefficient (Wildman–Crippen LogP) is 1.14. The van der Waals surface area contributed by atoms with Gasteiger partial charge in [0.1, 0.15) is 0 Å². The van der Waals surface area contributed by atoms with Gasteiger partial charge in [-0.2, -0.15) is 0 Å². The maximum absolute atomic E-state index is 12.3. The minimum atomic E-state index is -0.499. The Morgan fingerprint density at radius 2 is 1.77 bits per heavy atom. The molecule has 0 bridgehead atoms. The predicted molar refractivity (Wildman–Crippen MR) is 76.5 cm³/mol. The number of nitrogens with zero attached hydrogens (tertiary/aromatic N) is 1. The number of carbonyl (C=O) groups is 4. The fourth-order valence-corrected chi connectivity index (χ4v) is 2.56. The topological polar surface area (TPSA) is 96.5 Å². The molecule has 1 saturated heterocycles. The average Bonchev–Trinajstić information content (AvgIpc) is 2.92.